The number of furan rings is 1. The van der Waals surface area contributed by atoms with Crippen LogP contribution in [0.25, 0.3) is 22.1 Å². The van der Waals surface area contributed by atoms with Crippen molar-refractivity contribution < 1.29 is 13.9 Å². The van der Waals surface area contributed by atoms with Gasteiger partial charge in [0.1, 0.15) is 17.3 Å². The Labute approximate surface area is 96.9 Å². The second kappa shape index (κ2) is 3.63. The van der Waals surface area contributed by atoms with Gasteiger partial charge in [0.15, 0.2) is 0 Å². The minimum absolute atomic E-state index is 0.204. The van der Waals surface area contributed by atoms with E-state index in [4.69, 9.17) is 4.42 Å². The molecular formula is C14H9FO2. The molecule has 1 aromatic heterocycles. The molecule has 0 atom stereocenters. The van der Waals surface area contributed by atoms with Crippen molar-refractivity contribution in [2.45, 2.75) is 0 Å². The van der Waals surface area contributed by atoms with E-state index in [0.29, 0.717) is 5.76 Å². The molecule has 0 unspecified atom stereocenters. The predicted octanol–water partition coefficient (Wildman–Crippen LogP) is 3.94. The fourth-order valence-corrected chi connectivity index (χ4v) is 1.86. The number of hydrogen-bond acceptors (Lipinski definition) is 2. The van der Waals surface area contributed by atoms with E-state index in [-0.39, 0.29) is 11.6 Å². The van der Waals surface area contributed by atoms with Gasteiger partial charge in [0, 0.05) is 16.3 Å². The van der Waals surface area contributed by atoms with Crippen LogP contribution in [0.1, 0.15) is 0 Å². The van der Waals surface area contributed by atoms with Gasteiger partial charge in [0.2, 0.25) is 0 Å². The van der Waals surface area contributed by atoms with Gasteiger partial charge in [-0.05, 0) is 42.5 Å². The average molecular weight is 228 g/mol. The Morgan fingerprint density at radius 2 is 1.76 bits per heavy atom. The van der Waals surface area contributed by atoms with Crippen LogP contribution in [0.3, 0.4) is 0 Å². The lowest BCUT2D eigenvalue weighted by Gasteiger charge is -1.98. The molecule has 2 nitrogen and oxygen atoms in total. The van der Waals surface area contributed by atoms with Gasteiger partial charge >= 0.3 is 0 Å². The summed E-state index contributed by atoms with van der Waals surface area (Å²) in [7, 11) is 0. The van der Waals surface area contributed by atoms with Gasteiger partial charge in [-0.15, -0.1) is 0 Å². The van der Waals surface area contributed by atoms with Crippen LogP contribution in [-0.4, -0.2) is 5.11 Å². The van der Waals surface area contributed by atoms with Gasteiger partial charge in [-0.1, -0.05) is 0 Å². The zero-order chi connectivity index (χ0) is 11.8. The third-order valence-corrected chi connectivity index (χ3v) is 2.69. The van der Waals surface area contributed by atoms with Crippen molar-refractivity contribution in [2.24, 2.45) is 0 Å². The van der Waals surface area contributed by atoms with E-state index < -0.39 is 0 Å². The van der Waals surface area contributed by atoms with Gasteiger partial charge in [0.25, 0.3) is 0 Å². The third kappa shape index (κ3) is 1.65. The SMILES string of the molecule is Oc1ccc(-c2occ3cc(F)ccc23)cc1. The van der Waals surface area contributed by atoms with E-state index in [0.717, 1.165) is 16.3 Å². The highest BCUT2D eigenvalue weighted by Gasteiger charge is 2.09. The highest BCUT2D eigenvalue weighted by atomic mass is 19.1. The molecule has 17 heavy (non-hydrogen) atoms. The first-order valence-corrected chi connectivity index (χ1v) is 5.20. The highest BCUT2D eigenvalue weighted by Crippen LogP contribution is 2.31. The number of benzene rings is 2. The summed E-state index contributed by atoms with van der Waals surface area (Å²) in [5.74, 6) is 0.603. The van der Waals surface area contributed by atoms with Gasteiger partial charge in [-0.3, -0.25) is 0 Å². The molecule has 0 spiro atoms. The molecule has 3 heteroatoms. The normalized spacial score (nSPS) is 10.9. The summed E-state index contributed by atoms with van der Waals surface area (Å²) in [4.78, 5) is 0. The summed E-state index contributed by atoms with van der Waals surface area (Å²) in [5.41, 5.74) is 0.851. The average Bonchev–Trinajstić information content (AvgIpc) is 2.73. The number of phenols is 1. The van der Waals surface area contributed by atoms with Crippen molar-refractivity contribution in [3.05, 3.63) is 54.5 Å². The molecule has 0 aliphatic rings. The molecular weight excluding hydrogens is 219 g/mol. The van der Waals surface area contributed by atoms with Gasteiger partial charge in [-0.2, -0.15) is 0 Å². The molecule has 0 amide bonds. The molecule has 3 aromatic rings. The van der Waals surface area contributed by atoms with Crippen LogP contribution in [0.4, 0.5) is 4.39 Å². The monoisotopic (exact) mass is 228 g/mol. The summed E-state index contributed by atoms with van der Waals surface area (Å²) < 4.78 is 18.5. The van der Waals surface area contributed by atoms with Crippen molar-refractivity contribution in [2.75, 3.05) is 0 Å². The van der Waals surface area contributed by atoms with Crippen LogP contribution in [-0.2, 0) is 0 Å². The first-order chi connectivity index (χ1) is 8.24. The molecule has 0 aliphatic carbocycles. The molecule has 0 saturated heterocycles. The molecule has 0 fully saturated rings. The summed E-state index contributed by atoms with van der Waals surface area (Å²) in [6.45, 7) is 0. The Morgan fingerprint density at radius 1 is 1.00 bits per heavy atom. The van der Waals surface area contributed by atoms with Crippen LogP contribution in [0.15, 0.2) is 53.1 Å². The van der Waals surface area contributed by atoms with Crippen LogP contribution in [0.2, 0.25) is 0 Å². The van der Waals surface area contributed by atoms with E-state index >= 15 is 0 Å². The lowest BCUT2D eigenvalue weighted by molar-refractivity contribution is 0.475. The molecule has 0 aliphatic heterocycles. The molecule has 0 radical (unpaired) electrons. The van der Waals surface area contributed by atoms with Crippen molar-refractivity contribution >= 4 is 10.8 Å². The minimum atomic E-state index is -0.282. The zero-order valence-electron chi connectivity index (χ0n) is 8.85. The second-order valence-electron chi connectivity index (χ2n) is 3.84. The van der Waals surface area contributed by atoms with Crippen molar-refractivity contribution in [1.29, 1.82) is 0 Å². The first kappa shape index (κ1) is 9.90. The van der Waals surface area contributed by atoms with Crippen LogP contribution in [0.5, 0.6) is 5.75 Å². The molecule has 0 bridgehead atoms. The van der Waals surface area contributed by atoms with E-state index in [2.05, 4.69) is 0 Å². The Kier molecular flexibility index (Phi) is 2.11. The van der Waals surface area contributed by atoms with Crippen molar-refractivity contribution in [3.8, 4) is 17.1 Å². The van der Waals surface area contributed by atoms with Gasteiger partial charge in [-0.25, -0.2) is 4.39 Å². The van der Waals surface area contributed by atoms with E-state index in [1.807, 2.05) is 0 Å². The van der Waals surface area contributed by atoms with Crippen molar-refractivity contribution in [3.63, 3.8) is 0 Å². The topological polar surface area (TPSA) is 33.4 Å². The number of fused-ring (bicyclic) bond motifs is 1. The molecule has 2 aromatic carbocycles. The standard InChI is InChI=1S/C14H9FO2/c15-11-3-6-13-10(7-11)8-17-14(13)9-1-4-12(16)5-2-9/h1-8,16H. The maximum atomic E-state index is 13.0. The number of rotatable bonds is 1. The summed E-state index contributed by atoms with van der Waals surface area (Å²) in [5, 5.41) is 10.8. The van der Waals surface area contributed by atoms with Crippen LogP contribution < -0.4 is 0 Å². The largest absolute Gasteiger partial charge is 0.508 e. The summed E-state index contributed by atoms with van der Waals surface area (Å²) in [6.07, 6.45) is 1.53. The van der Waals surface area contributed by atoms with Crippen LogP contribution in [0, 0.1) is 5.82 Å². The summed E-state index contributed by atoms with van der Waals surface area (Å²) >= 11 is 0. The minimum Gasteiger partial charge on any atom is -0.508 e. The van der Waals surface area contributed by atoms with Crippen LogP contribution >= 0.6 is 0 Å². The molecule has 0 saturated carbocycles. The Morgan fingerprint density at radius 3 is 2.53 bits per heavy atom. The molecule has 1 heterocycles. The highest BCUT2D eigenvalue weighted by molar-refractivity contribution is 5.94. The van der Waals surface area contributed by atoms with E-state index in [9.17, 15) is 9.50 Å². The first-order valence-electron chi connectivity index (χ1n) is 5.20. The summed E-state index contributed by atoms with van der Waals surface area (Å²) in [6, 6.07) is 11.2. The Balaban J connectivity index is 2.21. The molecule has 3 rings (SSSR count). The maximum absolute atomic E-state index is 13.0. The smallest absolute Gasteiger partial charge is 0.141 e. The Hall–Kier alpha value is -2.29. The van der Waals surface area contributed by atoms with Gasteiger partial charge < -0.3 is 9.52 Å². The number of hydrogen-bond donors (Lipinski definition) is 1. The van der Waals surface area contributed by atoms with E-state index in [1.165, 1.54) is 18.4 Å². The lowest BCUT2D eigenvalue weighted by Crippen LogP contribution is -1.76. The fourth-order valence-electron chi connectivity index (χ4n) is 1.86. The third-order valence-electron chi connectivity index (χ3n) is 2.69. The maximum Gasteiger partial charge on any atom is 0.141 e. The molecule has 1 N–H and O–H groups in total. The van der Waals surface area contributed by atoms with Crippen molar-refractivity contribution in [1.82, 2.24) is 0 Å². The second-order valence-corrected chi connectivity index (χ2v) is 3.84. The molecule has 84 valence electrons. The zero-order valence-corrected chi connectivity index (χ0v) is 8.85. The fraction of sp³-hybridized carbons (Fsp3) is 0. The Bertz CT molecular complexity index is 668. The number of halogens is 1. The lowest BCUT2D eigenvalue weighted by atomic mass is 10.1. The predicted molar refractivity (Wildman–Crippen MR) is 63.3 cm³/mol. The number of phenolic OH excluding ortho intramolecular Hbond substituents is 1. The van der Waals surface area contributed by atoms with Gasteiger partial charge in [0.05, 0.1) is 6.26 Å². The number of aromatic hydroxyl groups is 1. The quantitative estimate of drug-likeness (QED) is 0.684. The van der Waals surface area contributed by atoms with E-state index in [1.54, 1.807) is 30.3 Å².